The van der Waals surface area contributed by atoms with Crippen LogP contribution in [0.25, 0.3) is 0 Å². The van der Waals surface area contributed by atoms with Gasteiger partial charge in [-0.2, -0.15) is 5.10 Å². The monoisotopic (exact) mass is 334 g/mol. The van der Waals surface area contributed by atoms with Crippen LogP contribution in [0.15, 0.2) is 0 Å². The predicted molar refractivity (Wildman–Crippen MR) is 98.4 cm³/mol. The minimum absolute atomic E-state index is 0.0286. The van der Waals surface area contributed by atoms with Crippen molar-refractivity contribution in [2.45, 2.75) is 59.5 Å². The Kier molecular flexibility index (Phi) is 6.07. The zero-order valence-corrected chi connectivity index (χ0v) is 16.5. The van der Waals surface area contributed by atoms with Crippen LogP contribution in [0.3, 0.4) is 0 Å². The van der Waals surface area contributed by atoms with Crippen LogP contribution in [0.5, 0.6) is 0 Å². The largest absolute Gasteiger partial charge is 0.343 e. The van der Waals surface area contributed by atoms with E-state index in [-0.39, 0.29) is 5.91 Å². The van der Waals surface area contributed by atoms with E-state index in [1.807, 2.05) is 0 Å². The second-order valence-corrected chi connectivity index (χ2v) is 8.28. The summed E-state index contributed by atoms with van der Waals surface area (Å²) in [5, 5.41) is 4.71. The molecule has 1 aromatic heterocycles. The first kappa shape index (κ1) is 19.0. The normalized spacial score (nSPS) is 17.7. The van der Waals surface area contributed by atoms with Crippen molar-refractivity contribution >= 4 is 5.91 Å². The molecule has 0 aliphatic heterocycles. The molecule has 0 radical (unpaired) electrons. The Morgan fingerprint density at radius 3 is 2.42 bits per heavy atom. The molecule has 136 valence electrons. The Labute approximate surface area is 147 Å². The summed E-state index contributed by atoms with van der Waals surface area (Å²) in [7, 11) is 5.82. The quantitative estimate of drug-likeness (QED) is 0.803. The van der Waals surface area contributed by atoms with Gasteiger partial charge in [-0.1, -0.05) is 27.7 Å². The van der Waals surface area contributed by atoms with Gasteiger partial charge in [0.05, 0.1) is 0 Å². The third-order valence-corrected chi connectivity index (χ3v) is 4.74. The Balaban J connectivity index is 2.32. The smallest absolute Gasteiger partial charge is 0.274 e. The molecule has 1 aliphatic carbocycles. The molecule has 5 heteroatoms. The number of aromatic nitrogens is 2. The molecule has 0 aromatic carbocycles. The molecule has 1 aromatic rings. The van der Waals surface area contributed by atoms with Crippen molar-refractivity contribution in [1.29, 1.82) is 0 Å². The number of hydrogen-bond acceptors (Lipinski definition) is 3. The maximum absolute atomic E-state index is 12.6. The average Bonchev–Trinajstić information content (AvgIpc) is 2.83. The van der Waals surface area contributed by atoms with Gasteiger partial charge in [0, 0.05) is 44.5 Å². The van der Waals surface area contributed by atoms with Crippen LogP contribution in [0.2, 0.25) is 0 Å². The minimum atomic E-state index is 0.0286. The SMILES string of the molecule is CC(C)CN(C)C1CCc2c(c(C(=O)N(C)C)nn2CC(C)C)C1. The number of rotatable bonds is 6. The van der Waals surface area contributed by atoms with E-state index in [1.165, 1.54) is 11.3 Å². The number of fused-ring (bicyclic) bond motifs is 1. The van der Waals surface area contributed by atoms with Crippen LogP contribution in [0.4, 0.5) is 0 Å². The fourth-order valence-electron chi connectivity index (χ4n) is 3.65. The summed E-state index contributed by atoms with van der Waals surface area (Å²) in [5.74, 6) is 1.21. The third-order valence-electron chi connectivity index (χ3n) is 4.74. The summed E-state index contributed by atoms with van der Waals surface area (Å²) in [4.78, 5) is 16.7. The highest BCUT2D eigenvalue weighted by Gasteiger charge is 2.31. The van der Waals surface area contributed by atoms with Crippen LogP contribution in [-0.2, 0) is 19.4 Å². The number of nitrogens with zero attached hydrogens (tertiary/aromatic N) is 4. The van der Waals surface area contributed by atoms with E-state index in [9.17, 15) is 4.79 Å². The number of carbonyl (C=O) groups excluding carboxylic acids is 1. The van der Waals surface area contributed by atoms with Crippen molar-refractivity contribution < 1.29 is 4.79 Å². The summed E-state index contributed by atoms with van der Waals surface area (Å²) >= 11 is 0. The molecule has 24 heavy (non-hydrogen) atoms. The topological polar surface area (TPSA) is 41.4 Å². The molecule has 0 bridgehead atoms. The van der Waals surface area contributed by atoms with Crippen molar-refractivity contribution in [2.24, 2.45) is 11.8 Å². The van der Waals surface area contributed by atoms with Gasteiger partial charge in [0.25, 0.3) is 5.91 Å². The zero-order valence-electron chi connectivity index (χ0n) is 16.5. The van der Waals surface area contributed by atoms with E-state index < -0.39 is 0 Å². The van der Waals surface area contributed by atoms with E-state index in [4.69, 9.17) is 5.10 Å². The van der Waals surface area contributed by atoms with Gasteiger partial charge in [-0.05, 0) is 38.1 Å². The van der Waals surface area contributed by atoms with E-state index in [2.05, 4.69) is 44.3 Å². The molecule has 1 heterocycles. The standard InChI is InChI=1S/C19H34N4O/c1-13(2)11-22(7)15-8-9-17-16(10-15)18(19(24)21(5)6)20-23(17)12-14(3)4/h13-15H,8-12H2,1-7H3. The van der Waals surface area contributed by atoms with Crippen molar-refractivity contribution in [3.63, 3.8) is 0 Å². The highest BCUT2D eigenvalue weighted by Crippen LogP contribution is 2.28. The zero-order chi connectivity index (χ0) is 18.0. The summed E-state index contributed by atoms with van der Waals surface area (Å²) < 4.78 is 2.09. The van der Waals surface area contributed by atoms with E-state index >= 15 is 0 Å². The number of hydrogen-bond donors (Lipinski definition) is 0. The molecule has 1 atom stereocenters. The highest BCUT2D eigenvalue weighted by atomic mass is 16.2. The Morgan fingerprint density at radius 1 is 1.21 bits per heavy atom. The second-order valence-electron chi connectivity index (χ2n) is 8.28. The first-order chi connectivity index (χ1) is 11.2. The molecule has 1 unspecified atom stereocenters. The predicted octanol–water partition coefficient (Wildman–Crippen LogP) is 2.69. The number of carbonyl (C=O) groups is 1. The molecule has 2 rings (SSSR count). The molecular formula is C19H34N4O. The van der Waals surface area contributed by atoms with Crippen LogP contribution < -0.4 is 0 Å². The van der Waals surface area contributed by atoms with Crippen molar-refractivity contribution in [1.82, 2.24) is 19.6 Å². The lowest BCUT2D eigenvalue weighted by atomic mass is 9.90. The lowest BCUT2D eigenvalue weighted by Crippen LogP contribution is -2.39. The molecule has 0 spiro atoms. The Hall–Kier alpha value is -1.36. The van der Waals surface area contributed by atoms with Gasteiger partial charge in [-0.25, -0.2) is 0 Å². The molecule has 1 amide bonds. The van der Waals surface area contributed by atoms with Crippen molar-refractivity contribution in [2.75, 3.05) is 27.7 Å². The van der Waals surface area contributed by atoms with Gasteiger partial charge < -0.3 is 9.80 Å². The molecular weight excluding hydrogens is 300 g/mol. The van der Waals surface area contributed by atoms with E-state index in [0.29, 0.717) is 23.6 Å². The third kappa shape index (κ3) is 4.18. The van der Waals surface area contributed by atoms with Crippen LogP contribution in [0, 0.1) is 11.8 Å². The highest BCUT2D eigenvalue weighted by molar-refractivity contribution is 5.93. The molecule has 0 saturated heterocycles. The van der Waals surface area contributed by atoms with Gasteiger partial charge in [0.1, 0.15) is 0 Å². The summed E-state index contributed by atoms with van der Waals surface area (Å²) in [5.41, 5.74) is 3.13. The van der Waals surface area contributed by atoms with Crippen molar-refractivity contribution in [3.05, 3.63) is 17.0 Å². The van der Waals surface area contributed by atoms with E-state index in [1.54, 1.807) is 19.0 Å². The minimum Gasteiger partial charge on any atom is -0.343 e. The summed E-state index contributed by atoms with van der Waals surface area (Å²) in [6.07, 6.45) is 3.10. The maximum atomic E-state index is 12.6. The van der Waals surface area contributed by atoms with Gasteiger partial charge in [0.15, 0.2) is 5.69 Å². The average molecular weight is 335 g/mol. The first-order valence-electron chi connectivity index (χ1n) is 9.21. The first-order valence-corrected chi connectivity index (χ1v) is 9.21. The molecule has 5 nitrogen and oxygen atoms in total. The molecule has 0 saturated carbocycles. The van der Waals surface area contributed by atoms with Gasteiger partial charge in [0.2, 0.25) is 0 Å². The lowest BCUT2D eigenvalue weighted by molar-refractivity contribution is 0.0819. The van der Waals surface area contributed by atoms with Gasteiger partial charge in [-0.3, -0.25) is 9.48 Å². The summed E-state index contributed by atoms with van der Waals surface area (Å²) in [6.45, 7) is 10.9. The fraction of sp³-hybridized carbons (Fsp3) is 0.789. The fourth-order valence-corrected chi connectivity index (χ4v) is 3.65. The number of likely N-dealkylation sites (N-methyl/N-ethyl adjacent to an activating group) is 1. The van der Waals surface area contributed by atoms with Gasteiger partial charge >= 0.3 is 0 Å². The lowest BCUT2D eigenvalue weighted by Gasteiger charge is -2.33. The molecule has 0 N–H and O–H groups in total. The Bertz CT molecular complexity index is 574. The van der Waals surface area contributed by atoms with Gasteiger partial charge in [-0.15, -0.1) is 0 Å². The second kappa shape index (κ2) is 7.68. The van der Waals surface area contributed by atoms with Crippen LogP contribution in [-0.4, -0.2) is 59.2 Å². The van der Waals surface area contributed by atoms with Crippen LogP contribution >= 0.6 is 0 Å². The molecule has 1 aliphatic rings. The van der Waals surface area contributed by atoms with Crippen LogP contribution in [0.1, 0.15) is 55.9 Å². The van der Waals surface area contributed by atoms with Crippen molar-refractivity contribution in [3.8, 4) is 0 Å². The van der Waals surface area contributed by atoms with E-state index in [0.717, 1.165) is 32.4 Å². The maximum Gasteiger partial charge on any atom is 0.274 e. The molecule has 0 fully saturated rings. The Morgan fingerprint density at radius 2 is 1.88 bits per heavy atom. The number of amides is 1. The summed E-state index contributed by atoms with van der Waals surface area (Å²) in [6, 6.07) is 0.505.